The fourth-order valence-corrected chi connectivity index (χ4v) is 0. The van der Waals surface area contributed by atoms with Crippen molar-refractivity contribution in [2.75, 3.05) is 0 Å². The van der Waals surface area contributed by atoms with Gasteiger partial charge in [0.15, 0.2) is 0 Å². The van der Waals surface area contributed by atoms with E-state index in [4.69, 9.17) is 0 Å². The standard InChI is InChI=1S/4FH.Ga.3H/h4*1H;;;;. The summed E-state index contributed by atoms with van der Waals surface area (Å²) in [5.41, 5.74) is 0. The third-order valence-corrected chi connectivity index (χ3v) is 0. The molecule has 0 atom stereocenters. The summed E-state index contributed by atoms with van der Waals surface area (Å²) in [7, 11) is 0. The van der Waals surface area contributed by atoms with Crippen LogP contribution in [0.15, 0.2) is 0 Å². The van der Waals surface area contributed by atoms with E-state index in [0.29, 0.717) is 0 Å². The van der Waals surface area contributed by atoms with Gasteiger partial charge in [0.1, 0.15) is 0 Å². The first-order valence-corrected chi connectivity index (χ1v) is 0. The predicted molar refractivity (Wildman–Crippen MR) is 20.0 cm³/mol. The third kappa shape index (κ3) is 190. The summed E-state index contributed by atoms with van der Waals surface area (Å²) in [5.74, 6) is 0. The quantitative estimate of drug-likeness (QED) is 0.322. The molecule has 38 valence electrons. The third-order valence-electron chi connectivity index (χ3n) is 0. The van der Waals surface area contributed by atoms with E-state index in [0.717, 1.165) is 0 Å². The molecule has 0 aromatic carbocycles. The maximum absolute atomic E-state index is 0. The number of hydrogen-bond acceptors (Lipinski definition) is 0. The van der Waals surface area contributed by atoms with Crippen molar-refractivity contribution < 1.29 is 18.8 Å². The van der Waals surface area contributed by atoms with Crippen molar-refractivity contribution in [1.29, 1.82) is 0 Å². The fourth-order valence-electron chi connectivity index (χ4n) is 0. The molecule has 0 bridgehead atoms. The molecule has 5 heteroatoms. The molecule has 0 spiro atoms. The van der Waals surface area contributed by atoms with Crippen molar-refractivity contribution in [2.45, 2.75) is 0 Å². The predicted octanol–water partition coefficient (Wildman–Crippen LogP) is -0.574. The van der Waals surface area contributed by atoms with Crippen LogP contribution in [0, 0.1) is 0 Å². The SMILES string of the molecule is F.F.F.F.[GaH3]. The minimum absolute atomic E-state index is 0. The zero-order valence-electron chi connectivity index (χ0n) is 1.63. The Balaban J connectivity index is 0. The average Bonchev–Trinajstić information content (AvgIpc) is 0. The molecule has 0 N–H and O–H groups in total. The molecule has 0 aromatic heterocycles. The summed E-state index contributed by atoms with van der Waals surface area (Å²) in [4.78, 5) is 0. The van der Waals surface area contributed by atoms with E-state index in [9.17, 15) is 0 Å². The molecule has 0 saturated carbocycles. The maximum atomic E-state index is 0. The van der Waals surface area contributed by atoms with Crippen LogP contribution in [0.2, 0.25) is 0 Å². The Labute approximate surface area is 39.5 Å². The molecule has 0 rings (SSSR count). The zero-order valence-corrected chi connectivity index (χ0v) is 1.63. The van der Waals surface area contributed by atoms with Gasteiger partial charge in [-0.25, -0.2) is 0 Å². The fraction of sp³-hybridized carbons (Fsp3) is 0. The molecule has 0 aliphatic carbocycles. The van der Waals surface area contributed by atoms with Crippen LogP contribution in [0.4, 0.5) is 18.8 Å². The van der Waals surface area contributed by atoms with Gasteiger partial charge in [0.05, 0.1) is 0 Å². The molecule has 0 aliphatic rings. The molecular weight excluding hydrogens is 146 g/mol. The van der Waals surface area contributed by atoms with Crippen LogP contribution in [0.5, 0.6) is 0 Å². The van der Waals surface area contributed by atoms with E-state index in [-0.39, 0.29) is 38.6 Å². The minimum atomic E-state index is 0. The molecule has 0 amide bonds. The van der Waals surface area contributed by atoms with Crippen LogP contribution >= 0.6 is 0 Å². The van der Waals surface area contributed by atoms with Gasteiger partial charge in [0.25, 0.3) is 0 Å². The molecule has 0 nitrogen and oxygen atoms in total. The van der Waals surface area contributed by atoms with Crippen molar-refractivity contribution in [2.24, 2.45) is 0 Å². The second-order valence-corrected chi connectivity index (χ2v) is 0. The van der Waals surface area contributed by atoms with Crippen LogP contribution in [0.1, 0.15) is 0 Å². The average molecular weight is 153 g/mol. The van der Waals surface area contributed by atoms with E-state index in [1.165, 1.54) is 0 Å². The molecule has 0 radical (unpaired) electrons. The topological polar surface area (TPSA) is 0 Å². The molecule has 0 heterocycles. The summed E-state index contributed by atoms with van der Waals surface area (Å²) in [5, 5.41) is 0. The van der Waals surface area contributed by atoms with E-state index in [1.807, 2.05) is 0 Å². The van der Waals surface area contributed by atoms with Gasteiger partial charge in [-0.1, -0.05) is 0 Å². The van der Waals surface area contributed by atoms with Crippen molar-refractivity contribution >= 4 is 19.8 Å². The number of rotatable bonds is 0. The van der Waals surface area contributed by atoms with E-state index < -0.39 is 0 Å². The Hall–Kier alpha value is 0.356. The number of hydrogen-bond donors (Lipinski definition) is 0. The Morgan fingerprint density at radius 2 is 0.400 bits per heavy atom. The summed E-state index contributed by atoms with van der Waals surface area (Å²) in [6.07, 6.45) is 0. The molecule has 0 aliphatic heterocycles. The van der Waals surface area contributed by atoms with E-state index in [1.54, 1.807) is 0 Å². The monoisotopic (exact) mass is 152 g/mol. The van der Waals surface area contributed by atoms with Crippen LogP contribution in [0.3, 0.4) is 0 Å². The Kier molecular flexibility index (Phi) is 61900. The molecule has 0 fully saturated rings. The van der Waals surface area contributed by atoms with Gasteiger partial charge in [0, 0.05) is 0 Å². The summed E-state index contributed by atoms with van der Waals surface area (Å²) in [6.45, 7) is 0. The Morgan fingerprint density at radius 1 is 0.400 bits per heavy atom. The summed E-state index contributed by atoms with van der Waals surface area (Å²) < 4.78 is 0. The summed E-state index contributed by atoms with van der Waals surface area (Å²) in [6, 6.07) is 0. The molecular formula is H7F4Ga. The van der Waals surface area contributed by atoms with E-state index in [2.05, 4.69) is 0 Å². The summed E-state index contributed by atoms with van der Waals surface area (Å²) >= 11 is 0. The van der Waals surface area contributed by atoms with Crippen molar-refractivity contribution in [1.82, 2.24) is 0 Å². The van der Waals surface area contributed by atoms with Crippen LogP contribution < -0.4 is 0 Å². The molecule has 0 unspecified atom stereocenters. The van der Waals surface area contributed by atoms with Crippen molar-refractivity contribution in [3.8, 4) is 0 Å². The normalized spacial score (nSPS) is 0. The van der Waals surface area contributed by atoms with Gasteiger partial charge < -0.3 is 0 Å². The van der Waals surface area contributed by atoms with Crippen LogP contribution in [-0.2, 0) is 0 Å². The van der Waals surface area contributed by atoms with E-state index >= 15 is 0 Å². The van der Waals surface area contributed by atoms with Gasteiger partial charge in [-0.2, -0.15) is 0 Å². The first kappa shape index (κ1) is 800. The zero-order chi connectivity index (χ0) is 0. The van der Waals surface area contributed by atoms with Crippen molar-refractivity contribution in [3.05, 3.63) is 0 Å². The first-order valence-electron chi connectivity index (χ1n) is 0. The second-order valence-electron chi connectivity index (χ2n) is 0. The first-order chi connectivity index (χ1) is 0. The Morgan fingerprint density at radius 3 is 0.400 bits per heavy atom. The molecule has 0 saturated heterocycles. The van der Waals surface area contributed by atoms with Gasteiger partial charge in [-0.05, 0) is 0 Å². The Bertz CT molecular complexity index is 3.61. The number of halogens is 4. The molecule has 0 aromatic rings. The van der Waals surface area contributed by atoms with Crippen molar-refractivity contribution in [3.63, 3.8) is 0 Å². The second kappa shape index (κ2) is 386. The van der Waals surface area contributed by atoms with Gasteiger partial charge in [-0.3, -0.25) is 18.8 Å². The van der Waals surface area contributed by atoms with Gasteiger partial charge >= 0.3 is 19.8 Å². The van der Waals surface area contributed by atoms with Crippen LogP contribution in [-0.4, -0.2) is 19.8 Å². The molecule has 5 heavy (non-hydrogen) atoms. The van der Waals surface area contributed by atoms with Gasteiger partial charge in [0.2, 0.25) is 0 Å². The van der Waals surface area contributed by atoms with Crippen LogP contribution in [0.25, 0.3) is 0 Å². The van der Waals surface area contributed by atoms with Gasteiger partial charge in [-0.15, -0.1) is 0 Å².